The van der Waals surface area contributed by atoms with Crippen LogP contribution in [0, 0.1) is 12.7 Å². The van der Waals surface area contributed by atoms with Crippen molar-refractivity contribution in [3.05, 3.63) is 35.4 Å². The number of nitrogens with two attached hydrogens (primary N) is 1. The van der Waals surface area contributed by atoms with Crippen molar-refractivity contribution >= 4 is 17.3 Å². The molecule has 0 aliphatic heterocycles. The third kappa shape index (κ3) is 3.21. The molecule has 3 N–H and O–H groups in total. The maximum atomic E-state index is 13.2. The summed E-state index contributed by atoms with van der Waals surface area (Å²) < 4.78 is 18.4. The Balaban J connectivity index is 2.44. The number of aromatic nitrogens is 2. The molecular formula is C15H19FN4O. The fraction of sp³-hybridized carbons (Fsp3) is 0.333. The van der Waals surface area contributed by atoms with Crippen molar-refractivity contribution in [3.8, 4) is 5.75 Å². The lowest BCUT2D eigenvalue weighted by Gasteiger charge is -2.15. The first-order valence-corrected chi connectivity index (χ1v) is 6.67. The molecule has 2 rings (SSSR count). The lowest BCUT2D eigenvalue weighted by molar-refractivity contribution is 0.413. The van der Waals surface area contributed by atoms with Crippen LogP contribution in [0.1, 0.15) is 31.2 Å². The van der Waals surface area contributed by atoms with Crippen LogP contribution < -0.4 is 15.8 Å². The lowest BCUT2D eigenvalue weighted by atomic mass is 10.2. The number of ether oxygens (including phenoxy) is 1. The zero-order valence-corrected chi connectivity index (χ0v) is 12.6. The van der Waals surface area contributed by atoms with Crippen molar-refractivity contribution in [2.75, 3.05) is 18.2 Å². The minimum atomic E-state index is -0.362. The number of nitrogens with zero attached hydrogens (tertiary/aromatic N) is 2. The van der Waals surface area contributed by atoms with Gasteiger partial charge in [-0.05, 0) is 19.1 Å². The van der Waals surface area contributed by atoms with Gasteiger partial charge in [0, 0.05) is 17.5 Å². The maximum absolute atomic E-state index is 13.2. The molecule has 0 saturated carbocycles. The van der Waals surface area contributed by atoms with E-state index in [1.54, 1.807) is 6.07 Å². The average molecular weight is 290 g/mol. The molecule has 0 amide bonds. The van der Waals surface area contributed by atoms with Crippen molar-refractivity contribution in [2.24, 2.45) is 0 Å². The van der Waals surface area contributed by atoms with Gasteiger partial charge in [-0.2, -0.15) is 0 Å². The number of nitrogens with one attached hydrogen (secondary N) is 1. The third-order valence-electron chi connectivity index (χ3n) is 3.13. The molecule has 0 bridgehead atoms. The largest absolute Gasteiger partial charge is 0.494 e. The van der Waals surface area contributed by atoms with E-state index in [0.717, 1.165) is 5.56 Å². The molecule has 1 aromatic heterocycles. The molecule has 0 unspecified atom stereocenters. The zero-order chi connectivity index (χ0) is 15.6. The fourth-order valence-electron chi connectivity index (χ4n) is 1.83. The quantitative estimate of drug-likeness (QED) is 0.903. The Kier molecular flexibility index (Phi) is 4.26. The first kappa shape index (κ1) is 15.0. The molecule has 0 aliphatic rings. The van der Waals surface area contributed by atoms with Crippen molar-refractivity contribution in [3.63, 3.8) is 0 Å². The number of anilines is 3. The lowest BCUT2D eigenvalue weighted by Crippen LogP contribution is -2.08. The predicted octanol–water partition coefficient (Wildman–Crippen LogP) is 3.38. The van der Waals surface area contributed by atoms with E-state index < -0.39 is 0 Å². The molecule has 0 saturated heterocycles. The van der Waals surface area contributed by atoms with E-state index in [-0.39, 0.29) is 11.7 Å². The van der Waals surface area contributed by atoms with Crippen molar-refractivity contribution in [1.29, 1.82) is 0 Å². The number of halogens is 1. The van der Waals surface area contributed by atoms with Gasteiger partial charge in [-0.3, -0.25) is 0 Å². The zero-order valence-electron chi connectivity index (χ0n) is 12.6. The normalized spacial score (nSPS) is 10.8. The van der Waals surface area contributed by atoms with E-state index in [0.29, 0.717) is 28.9 Å². The molecule has 21 heavy (non-hydrogen) atoms. The molecule has 0 fully saturated rings. The molecule has 5 nitrogen and oxygen atoms in total. The van der Waals surface area contributed by atoms with Gasteiger partial charge in [0.05, 0.1) is 12.8 Å². The molecule has 0 atom stereocenters. The van der Waals surface area contributed by atoms with Gasteiger partial charge in [0.25, 0.3) is 0 Å². The van der Waals surface area contributed by atoms with Crippen molar-refractivity contribution < 1.29 is 9.13 Å². The summed E-state index contributed by atoms with van der Waals surface area (Å²) in [5, 5.41) is 3.13. The van der Waals surface area contributed by atoms with Crippen LogP contribution >= 0.6 is 0 Å². The van der Waals surface area contributed by atoms with Gasteiger partial charge in [-0.15, -0.1) is 0 Å². The maximum Gasteiger partial charge on any atom is 0.145 e. The van der Waals surface area contributed by atoms with Crippen LogP contribution in [0.5, 0.6) is 5.75 Å². The van der Waals surface area contributed by atoms with E-state index in [9.17, 15) is 4.39 Å². The Morgan fingerprint density at radius 1 is 1.29 bits per heavy atom. The second-order valence-corrected chi connectivity index (χ2v) is 5.06. The smallest absolute Gasteiger partial charge is 0.145 e. The first-order valence-electron chi connectivity index (χ1n) is 6.67. The van der Waals surface area contributed by atoms with Gasteiger partial charge < -0.3 is 15.8 Å². The Morgan fingerprint density at radius 2 is 2.00 bits per heavy atom. The van der Waals surface area contributed by atoms with Crippen molar-refractivity contribution in [1.82, 2.24) is 9.97 Å². The molecule has 0 spiro atoms. The first-order chi connectivity index (χ1) is 9.92. The average Bonchev–Trinajstić information content (AvgIpc) is 2.45. The van der Waals surface area contributed by atoms with Gasteiger partial charge in [-0.1, -0.05) is 13.8 Å². The molecule has 1 aromatic carbocycles. The Hall–Kier alpha value is -2.37. The van der Waals surface area contributed by atoms with Crippen LogP contribution in [0.25, 0.3) is 0 Å². The highest BCUT2D eigenvalue weighted by molar-refractivity contribution is 5.68. The molecule has 6 heteroatoms. The molecular weight excluding hydrogens is 271 g/mol. The van der Waals surface area contributed by atoms with Gasteiger partial charge in [0.1, 0.15) is 29.0 Å². The summed E-state index contributed by atoms with van der Waals surface area (Å²) in [6.07, 6.45) is 0. The van der Waals surface area contributed by atoms with E-state index >= 15 is 0 Å². The van der Waals surface area contributed by atoms with Crippen LogP contribution in [0.3, 0.4) is 0 Å². The Bertz CT molecular complexity index is 658. The third-order valence-corrected chi connectivity index (χ3v) is 3.13. The van der Waals surface area contributed by atoms with Crippen LogP contribution in [0.4, 0.5) is 21.7 Å². The standard InChI is InChI=1S/C15H19FN4O/c1-8(2)14-19-13(17)9(3)15(20-14)18-11-6-5-10(16)7-12(11)21-4/h5-8H,1-4H3,(H3,17,18,19,20). The number of hydrogen-bond donors (Lipinski definition) is 2. The van der Waals surface area contributed by atoms with Gasteiger partial charge in [-0.25, -0.2) is 14.4 Å². The van der Waals surface area contributed by atoms with E-state index in [1.165, 1.54) is 19.2 Å². The summed E-state index contributed by atoms with van der Waals surface area (Å²) in [5.74, 6) is 1.87. The number of nitrogen functional groups attached to an aromatic ring is 1. The van der Waals surface area contributed by atoms with Crippen LogP contribution in [0.2, 0.25) is 0 Å². The van der Waals surface area contributed by atoms with Crippen molar-refractivity contribution in [2.45, 2.75) is 26.7 Å². The van der Waals surface area contributed by atoms with Gasteiger partial charge >= 0.3 is 0 Å². The number of benzene rings is 1. The predicted molar refractivity (Wildman–Crippen MR) is 81.5 cm³/mol. The highest BCUT2D eigenvalue weighted by atomic mass is 19.1. The molecule has 1 heterocycles. The summed E-state index contributed by atoms with van der Waals surface area (Å²) in [6.45, 7) is 5.82. The number of hydrogen-bond acceptors (Lipinski definition) is 5. The second-order valence-electron chi connectivity index (χ2n) is 5.06. The molecule has 2 aromatic rings. The molecule has 112 valence electrons. The SMILES string of the molecule is COc1cc(F)ccc1Nc1nc(C(C)C)nc(N)c1C. The number of rotatable bonds is 4. The van der Waals surface area contributed by atoms with E-state index in [4.69, 9.17) is 10.5 Å². The minimum absolute atomic E-state index is 0.156. The highest BCUT2D eigenvalue weighted by Crippen LogP contribution is 2.30. The van der Waals surface area contributed by atoms with Crippen LogP contribution in [-0.2, 0) is 0 Å². The summed E-state index contributed by atoms with van der Waals surface area (Å²) in [5.41, 5.74) is 7.29. The van der Waals surface area contributed by atoms with Gasteiger partial charge in [0.2, 0.25) is 0 Å². The fourth-order valence-corrected chi connectivity index (χ4v) is 1.83. The van der Waals surface area contributed by atoms with Crippen LogP contribution in [-0.4, -0.2) is 17.1 Å². The Labute approximate surface area is 123 Å². The summed E-state index contributed by atoms with van der Waals surface area (Å²) in [4.78, 5) is 8.74. The number of methoxy groups -OCH3 is 1. The van der Waals surface area contributed by atoms with E-state index in [1.807, 2.05) is 20.8 Å². The summed E-state index contributed by atoms with van der Waals surface area (Å²) in [6, 6.07) is 4.26. The molecule has 0 aliphatic carbocycles. The summed E-state index contributed by atoms with van der Waals surface area (Å²) in [7, 11) is 1.49. The van der Waals surface area contributed by atoms with Crippen LogP contribution in [0.15, 0.2) is 18.2 Å². The van der Waals surface area contributed by atoms with Gasteiger partial charge in [0.15, 0.2) is 0 Å². The van der Waals surface area contributed by atoms with E-state index in [2.05, 4.69) is 15.3 Å². The monoisotopic (exact) mass is 290 g/mol. The minimum Gasteiger partial charge on any atom is -0.494 e. The Morgan fingerprint density at radius 3 is 2.62 bits per heavy atom. The highest BCUT2D eigenvalue weighted by Gasteiger charge is 2.13. The second kappa shape index (κ2) is 5.95. The topological polar surface area (TPSA) is 73.1 Å². The summed E-state index contributed by atoms with van der Waals surface area (Å²) >= 11 is 0. The molecule has 0 radical (unpaired) electrons.